The molecule has 1 aliphatic heterocycles. The van der Waals surface area contributed by atoms with E-state index in [9.17, 15) is 0 Å². The molecule has 1 heterocycles. The summed E-state index contributed by atoms with van der Waals surface area (Å²) >= 11 is 4.72. The number of hydrogen-bond donors (Lipinski definition) is 0. The van der Waals surface area contributed by atoms with E-state index in [-0.39, 0.29) is 6.10 Å². The molecule has 0 radical (unpaired) electrons. The third kappa shape index (κ3) is 2.03. The Morgan fingerprint density at radius 3 is 3.00 bits per heavy atom. The predicted octanol–water partition coefficient (Wildman–Crippen LogP) is 0.335. The largest absolute Gasteiger partial charge is 0.290 e. The van der Waals surface area contributed by atoms with Crippen molar-refractivity contribution in [3.63, 3.8) is 0 Å². The molecule has 50 valence electrons. The van der Waals surface area contributed by atoms with E-state index in [1.165, 1.54) is 0 Å². The van der Waals surface area contributed by atoms with Gasteiger partial charge in [-0.25, -0.2) is 0 Å². The fraction of sp³-hybridized carbons (Fsp3) is 0.600. The van der Waals surface area contributed by atoms with Crippen molar-refractivity contribution in [2.24, 2.45) is 0 Å². The highest BCUT2D eigenvalue weighted by molar-refractivity contribution is 8.23. The van der Waals surface area contributed by atoms with Gasteiger partial charge in [0.15, 0.2) is 0 Å². The van der Waals surface area contributed by atoms with Crippen LogP contribution < -0.4 is 0 Å². The van der Waals surface area contributed by atoms with Crippen LogP contribution in [0.1, 0.15) is 6.42 Å². The van der Waals surface area contributed by atoms with Crippen molar-refractivity contribution in [3.8, 4) is 12.3 Å². The molecule has 0 N–H and O–H groups in total. The second-order valence-electron chi connectivity index (χ2n) is 1.57. The Labute approximate surface area is 61.5 Å². The number of rotatable bonds is 0. The Kier molecular flexibility index (Phi) is 2.61. The normalized spacial score (nSPS) is 35.4. The average Bonchev–Trinajstić information content (AvgIpc) is 1.88. The summed E-state index contributed by atoms with van der Waals surface area (Å²) < 4.78 is 9.95. The molecule has 4 heteroatoms. The molecule has 2 atom stereocenters. The van der Waals surface area contributed by atoms with Gasteiger partial charge in [0.05, 0.1) is 6.61 Å². The SMILES string of the molecule is C#CC1CCOS(=S)O1. The van der Waals surface area contributed by atoms with E-state index in [2.05, 4.69) is 5.92 Å². The van der Waals surface area contributed by atoms with Crippen LogP contribution in [0.2, 0.25) is 0 Å². The molecule has 0 saturated carbocycles. The van der Waals surface area contributed by atoms with E-state index in [1.54, 1.807) is 0 Å². The molecule has 0 aromatic heterocycles. The lowest BCUT2D eigenvalue weighted by molar-refractivity contribution is 0.167. The summed E-state index contributed by atoms with van der Waals surface area (Å²) in [6.07, 6.45) is 5.73. The molecule has 1 fully saturated rings. The Morgan fingerprint density at radius 1 is 1.78 bits per heavy atom. The highest BCUT2D eigenvalue weighted by Gasteiger charge is 2.14. The van der Waals surface area contributed by atoms with Crippen molar-refractivity contribution in [3.05, 3.63) is 0 Å². The Balaban J connectivity index is 2.43. The first-order valence-corrected chi connectivity index (χ1v) is 4.51. The lowest BCUT2D eigenvalue weighted by Crippen LogP contribution is -2.21. The van der Waals surface area contributed by atoms with Gasteiger partial charge in [-0.05, 0) is 0 Å². The zero-order valence-electron chi connectivity index (χ0n) is 4.70. The van der Waals surface area contributed by atoms with Crippen molar-refractivity contribution in [2.45, 2.75) is 12.5 Å². The number of terminal acetylenes is 1. The molecule has 9 heavy (non-hydrogen) atoms. The van der Waals surface area contributed by atoms with Crippen LogP contribution in [0.15, 0.2) is 0 Å². The van der Waals surface area contributed by atoms with Crippen LogP contribution in [-0.4, -0.2) is 12.7 Å². The van der Waals surface area contributed by atoms with Crippen LogP contribution >= 0.6 is 0 Å². The molecule has 0 bridgehead atoms. The van der Waals surface area contributed by atoms with E-state index in [0.717, 1.165) is 6.42 Å². The smallest absolute Gasteiger partial charge is 0.150 e. The van der Waals surface area contributed by atoms with Crippen LogP contribution in [-0.2, 0) is 29.6 Å². The van der Waals surface area contributed by atoms with Gasteiger partial charge in [-0.2, -0.15) is 0 Å². The van der Waals surface area contributed by atoms with Gasteiger partial charge in [0, 0.05) is 17.6 Å². The van der Waals surface area contributed by atoms with Crippen molar-refractivity contribution >= 4 is 21.2 Å². The summed E-state index contributed by atoms with van der Waals surface area (Å²) in [4.78, 5) is 0. The maximum Gasteiger partial charge on any atom is 0.150 e. The van der Waals surface area contributed by atoms with E-state index in [0.29, 0.717) is 6.61 Å². The first-order valence-electron chi connectivity index (χ1n) is 2.51. The van der Waals surface area contributed by atoms with Gasteiger partial charge >= 0.3 is 0 Å². The van der Waals surface area contributed by atoms with Crippen LogP contribution in [0, 0.1) is 12.3 Å². The molecule has 0 amide bonds. The van der Waals surface area contributed by atoms with Gasteiger partial charge in [-0.3, -0.25) is 8.37 Å². The van der Waals surface area contributed by atoms with Crippen molar-refractivity contribution in [2.75, 3.05) is 6.61 Å². The summed E-state index contributed by atoms with van der Waals surface area (Å²) in [5.41, 5.74) is 0. The summed E-state index contributed by atoms with van der Waals surface area (Å²) in [5.74, 6) is 2.47. The zero-order valence-corrected chi connectivity index (χ0v) is 6.33. The molecule has 0 aromatic carbocycles. The molecule has 1 saturated heterocycles. The van der Waals surface area contributed by atoms with E-state index in [4.69, 9.17) is 26.0 Å². The highest BCUT2D eigenvalue weighted by Crippen LogP contribution is 2.08. The highest BCUT2D eigenvalue weighted by atomic mass is 32.8. The average molecular weight is 162 g/mol. The molecule has 0 aromatic rings. The Hall–Kier alpha value is 0.0500. The second-order valence-corrected chi connectivity index (χ2v) is 3.22. The zero-order chi connectivity index (χ0) is 6.69. The number of hydrogen-bond acceptors (Lipinski definition) is 3. The molecule has 1 aliphatic rings. The van der Waals surface area contributed by atoms with Crippen LogP contribution in [0.5, 0.6) is 0 Å². The first-order chi connectivity index (χ1) is 4.33. The maximum atomic E-state index is 5.09. The predicted molar refractivity (Wildman–Crippen MR) is 39.0 cm³/mol. The third-order valence-corrected chi connectivity index (χ3v) is 2.21. The molecule has 0 spiro atoms. The second kappa shape index (κ2) is 3.28. The van der Waals surface area contributed by atoms with Crippen LogP contribution in [0.3, 0.4) is 0 Å². The minimum atomic E-state index is -0.779. The molecular weight excluding hydrogens is 156 g/mol. The van der Waals surface area contributed by atoms with E-state index >= 15 is 0 Å². The standard InChI is InChI=1S/C5H6O2S2/c1-2-5-3-4-6-9(8)7-5/h1,5H,3-4H2. The van der Waals surface area contributed by atoms with Crippen LogP contribution in [0.4, 0.5) is 0 Å². The molecular formula is C5H6O2S2. The van der Waals surface area contributed by atoms with E-state index < -0.39 is 10.0 Å². The maximum absolute atomic E-state index is 5.09. The van der Waals surface area contributed by atoms with Gasteiger partial charge in [0.25, 0.3) is 0 Å². The van der Waals surface area contributed by atoms with Gasteiger partial charge in [-0.15, -0.1) is 6.42 Å². The van der Waals surface area contributed by atoms with Crippen molar-refractivity contribution in [1.29, 1.82) is 0 Å². The Morgan fingerprint density at radius 2 is 2.56 bits per heavy atom. The minimum absolute atomic E-state index is 0.125. The lowest BCUT2D eigenvalue weighted by atomic mass is 10.3. The third-order valence-electron chi connectivity index (χ3n) is 0.940. The molecule has 0 aliphatic carbocycles. The summed E-state index contributed by atoms with van der Waals surface area (Å²) in [6.45, 7) is 0.626. The van der Waals surface area contributed by atoms with Gasteiger partial charge in [-0.1, -0.05) is 5.92 Å². The fourth-order valence-electron chi connectivity index (χ4n) is 0.505. The Bertz CT molecular complexity index is 161. The quantitative estimate of drug-likeness (QED) is 0.478. The van der Waals surface area contributed by atoms with Gasteiger partial charge in [0.1, 0.15) is 16.1 Å². The van der Waals surface area contributed by atoms with Crippen molar-refractivity contribution in [1.82, 2.24) is 0 Å². The monoisotopic (exact) mass is 162 g/mol. The summed E-state index contributed by atoms with van der Waals surface area (Å²) in [5, 5.41) is 0. The fourth-order valence-corrected chi connectivity index (χ4v) is 1.62. The van der Waals surface area contributed by atoms with Gasteiger partial charge < -0.3 is 0 Å². The van der Waals surface area contributed by atoms with Crippen molar-refractivity contribution < 1.29 is 8.37 Å². The lowest BCUT2D eigenvalue weighted by Gasteiger charge is -2.17. The summed E-state index contributed by atoms with van der Waals surface area (Å²) in [6, 6.07) is 0. The first kappa shape index (κ1) is 7.16. The van der Waals surface area contributed by atoms with Gasteiger partial charge in [0.2, 0.25) is 0 Å². The molecule has 2 nitrogen and oxygen atoms in total. The molecule has 2 unspecified atom stereocenters. The molecule has 1 rings (SSSR count). The topological polar surface area (TPSA) is 18.5 Å². The minimum Gasteiger partial charge on any atom is -0.290 e. The van der Waals surface area contributed by atoms with Crippen LogP contribution in [0.25, 0.3) is 0 Å². The summed E-state index contributed by atoms with van der Waals surface area (Å²) in [7, 11) is -0.779. The van der Waals surface area contributed by atoms with E-state index in [1.807, 2.05) is 0 Å².